The number of carbonyl (C=O) groups is 1. The average molecular weight is 469 g/mol. The summed E-state index contributed by atoms with van der Waals surface area (Å²) in [5.41, 5.74) is 4.24. The van der Waals surface area contributed by atoms with Gasteiger partial charge in [0.05, 0.1) is 19.9 Å². The van der Waals surface area contributed by atoms with Crippen LogP contribution in [0.1, 0.15) is 21.7 Å². The maximum Gasteiger partial charge on any atom is 0.251 e. The van der Waals surface area contributed by atoms with Crippen molar-refractivity contribution in [1.82, 2.24) is 15.3 Å². The molecule has 7 heteroatoms. The second kappa shape index (κ2) is 11.2. The van der Waals surface area contributed by atoms with Crippen LogP contribution in [-0.2, 0) is 6.42 Å². The fourth-order valence-corrected chi connectivity index (χ4v) is 3.73. The van der Waals surface area contributed by atoms with Crippen LogP contribution >= 0.6 is 0 Å². The molecule has 0 fully saturated rings. The van der Waals surface area contributed by atoms with Crippen LogP contribution in [0.15, 0.2) is 78.9 Å². The highest BCUT2D eigenvalue weighted by Gasteiger charge is 2.09. The summed E-state index contributed by atoms with van der Waals surface area (Å²) in [4.78, 5) is 21.8. The summed E-state index contributed by atoms with van der Waals surface area (Å²) in [7, 11) is 3.21. The van der Waals surface area contributed by atoms with Crippen LogP contribution in [0.3, 0.4) is 0 Å². The van der Waals surface area contributed by atoms with E-state index in [-0.39, 0.29) is 5.91 Å². The van der Waals surface area contributed by atoms with Gasteiger partial charge in [0, 0.05) is 29.4 Å². The first-order valence-corrected chi connectivity index (χ1v) is 11.3. The lowest BCUT2D eigenvalue weighted by Crippen LogP contribution is -2.25. The standard InChI is InChI=1S/C28H28N4O3/c1-19-30-24(21-8-5-4-6-9-21)18-27(31-19)32-23-11-7-10-22(17-23)28(33)29-15-14-20-12-13-25(34-2)26(16-20)35-3/h4-13,16-18H,14-15H2,1-3H3,(H,29,33)(H,30,31,32). The lowest BCUT2D eigenvalue weighted by Gasteiger charge is -2.11. The Kier molecular flexibility index (Phi) is 7.57. The van der Waals surface area contributed by atoms with Crippen molar-refractivity contribution >= 4 is 17.4 Å². The number of nitrogens with zero attached hydrogens (tertiary/aromatic N) is 2. The topological polar surface area (TPSA) is 85.4 Å². The van der Waals surface area contributed by atoms with Crippen molar-refractivity contribution in [3.8, 4) is 22.8 Å². The van der Waals surface area contributed by atoms with E-state index < -0.39 is 0 Å². The van der Waals surface area contributed by atoms with E-state index in [1.165, 1.54) is 0 Å². The lowest BCUT2D eigenvalue weighted by atomic mass is 10.1. The van der Waals surface area contributed by atoms with Gasteiger partial charge in [-0.2, -0.15) is 0 Å². The highest BCUT2D eigenvalue weighted by atomic mass is 16.5. The van der Waals surface area contributed by atoms with Gasteiger partial charge in [0.15, 0.2) is 11.5 Å². The Morgan fingerprint density at radius 1 is 0.857 bits per heavy atom. The number of rotatable bonds is 9. The number of nitrogens with one attached hydrogen (secondary N) is 2. The summed E-state index contributed by atoms with van der Waals surface area (Å²) >= 11 is 0. The van der Waals surface area contributed by atoms with E-state index in [4.69, 9.17) is 9.47 Å². The van der Waals surface area contributed by atoms with Crippen LogP contribution in [-0.4, -0.2) is 36.6 Å². The number of carbonyl (C=O) groups excluding carboxylic acids is 1. The van der Waals surface area contributed by atoms with E-state index in [1.807, 2.05) is 79.7 Å². The van der Waals surface area contributed by atoms with Crippen LogP contribution in [0.25, 0.3) is 11.3 Å². The van der Waals surface area contributed by atoms with Gasteiger partial charge in [-0.05, 0) is 49.2 Å². The minimum Gasteiger partial charge on any atom is -0.493 e. The molecule has 0 saturated heterocycles. The predicted molar refractivity (Wildman–Crippen MR) is 138 cm³/mol. The van der Waals surface area contributed by atoms with Gasteiger partial charge in [0.25, 0.3) is 5.91 Å². The van der Waals surface area contributed by atoms with Gasteiger partial charge in [-0.1, -0.05) is 42.5 Å². The second-order valence-electron chi connectivity index (χ2n) is 7.95. The molecule has 0 atom stereocenters. The Balaban J connectivity index is 1.40. The highest BCUT2D eigenvalue weighted by Crippen LogP contribution is 2.27. The lowest BCUT2D eigenvalue weighted by molar-refractivity contribution is 0.0954. The van der Waals surface area contributed by atoms with E-state index in [0.29, 0.717) is 41.7 Å². The van der Waals surface area contributed by atoms with Crippen LogP contribution in [0, 0.1) is 6.92 Å². The quantitative estimate of drug-likeness (QED) is 0.352. The van der Waals surface area contributed by atoms with Crippen molar-refractivity contribution in [3.05, 3.63) is 95.8 Å². The number of aryl methyl sites for hydroxylation is 1. The number of benzene rings is 3. The van der Waals surface area contributed by atoms with Crippen molar-refractivity contribution in [3.63, 3.8) is 0 Å². The molecule has 0 radical (unpaired) electrons. The minimum absolute atomic E-state index is 0.141. The molecular weight excluding hydrogens is 440 g/mol. The molecule has 178 valence electrons. The molecular formula is C28H28N4O3. The number of anilines is 2. The van der Waals surface area contributed by atoms with Gasteiger partial charge in [0.1, 0.15) is 11.6 Å². The van der Waals surface area contributed by atoms with E-state index >= 15 is 0 Å². The monoisotopic (exact) mass is 468 g/mol. The van der Waals surface area contributed by atoms with Crippen LogP contribution in [0.4, 0.5) is 11.5 Å². The zero-order valence-electron chi connectivity index (χ0n) is 20.0. The second-order valence-corrected chi connectivity index (χ2v) is 7.95. The largest absolute Gasteiger partial charge is 0.493 e. The van der Waals surface area contributed by atoms with Gasteiger partial charge in [0.2, 0.25) is 0 Å². The van der Waals surface area contributed by atoms with E-state index in [9.17, 15) is 4.79 Å². The van der Waals surface area contributed by atoms with Crippen molar-refractivity contribution in [2.45, 2.75) is 13.3 Å². The van der Waals surface area contributed by atoms with Crippen molar-refractivity contribution in [2.75, 3.05) is 26.1 Å². The summed E-state index contributed by atoms with van der Waals surface area (Å²) in [6.45, 7) is 2.36. The summed E-state index contributed by atoms with van der Waals surface area (Å²) in [5, 5.41) is 6.28. The Morgan fingerprint density at radius 3 is 2.43 bits per heavy atom. The number of methoxy groups -OCH3 is 2. The fourth-order valence-electron chi connectivity index (χ4n) is 3.73. The van der Waals surface area contributed by atoms with Gasteiger partial charge in [-0.15, -0.1) is 0 Å². The zero-order chi connectivity index (χ0) is 24.6. The molecule has 0 spiro atoms. The molecule has 35 heavy (non-hydrogen) atoms. The Hall–Kier alpha value is -4.39. The Bertz CT molecular complexity index is 1310. The van der Waals surface area contributed by atoms with Crippen LogP contribution in [0.5, 0.6) is 11.5 Å². The maximum absolute atomic E-state index is 12.7. The summed E-state index contributed by atoms with van der Waals surface area (Å²) < 4.78 is 10.6. The normalized spacial score (nSPS) is 10.5. The molecule has 7 nitrogen and oxygen atoms in total. The van der Waals surface area contributed by atoms with Crippen molar-refractivity contribution in [2.24, 2.45) is 0 Å². The van der Waals surface area contributed by atoms with Gasteiger partial charge in [-0.3, -0.25) is 4.79 Å². The first kappa shape index (κ1) is 23.8. The predicted octanol–water partition coefficient (Wildman–Crippen LogP) is 5.19. The molecule has 0 bridgehead atoms. The zero-order valence-corrected chi connectivity index (χ0v) is 20.0. The molecule has 1 heterocycles. The van der Waals surface area contributed by atoms with Crippen molar-refractivity contribution in [1.29, 1.82) is 0 Å². The number of ether oxygens (including phenoxy) is 2. The van der Waals surface area contributed by atoms with Crippen LogP contribution in [0.2, 0.25) is 0 Å². The number of aromatic nitrogens is 2. The summed E-state index contributed by atoms with van der Waals surface area (Å²) in [6, 6.07) is 25.0. The molecule has 4 rings (SSSR count). The minimum atomic E-state index is -0.141. The molecule has 2 N–H and O–H groups in total. The number of amides is 1. The molecule has 0 saturated carbocycles. The van der Waals surface area contributed by atoms with E-state index in [1.54, 1.807) is 20.3 Å². The third-order valence-electron chi connectivity index (χ3n) is 5.45. The highest BCUT2D eigenvalue weighted by molar-refractivity contribution is 5.95. The Morgan fingerprint density at radius 2 is 1.66 bits per heavy atom. The third-order valence-corrected chi connectivity index (χ3v) is 5.45. The first-order chi connectivity index (χ1) is 17.1. The van der Waals surface area contributed by atoms with Crippen LogP contribution < -0.4 is 20.1 Å². The molecule has 3 aromatic carbocycles. The van der Waals surface area contributed by atoms with Gasteiger partial charge < -0.3 is 20.1 Å². The van der Waals surface area contributed by atoms with Gasteiger partial charge >= 0.3 is 0 Å². The maximum atomic E-state index is 12.7. The number of hydrogen-bond acceptors (Lipinski definition) is 6. The molecule has 0 aliphatic rings. The van der Waals surface area contributed by atoms with Gasteiger partial charge in [-0.25, -0.2) is 9.97 Å². The Labute approximate surface area is 205 Å². The molecule has 1 amide bonds. The van der Waals surface area contributed by atoms with E-state index in [2.05, 4.69) is 20.6 Å². The first-order valence-electron chi connectivity index (χ1n) is 11.3. The SMILES string of the molecule is COc1ccc(CCNC(=O)c2cccc(Nc3cc(-c4ccccc4)nc(C)n3)c2)cc1OC. The number of hydrogen-bond donors (Lipinski definition) is 2. The summed E-state index contributed by atoms with van der Waals surface area (Å²) in [5.74, 6) is 2.54. The van der Waals surface area contributed by atoms with E-state index in [0.717, 1.165) is 22.5 Å². The molecule has 1 aromatic heterocycles. The smallest absolute Gasteiger partial charge is 0.251 e. The fraction of sp³-hybridized carbons (Fsp3) is 0.179. The molecule has 0 aliphatic carbocycles. The van der Waals surface area contributed by atoms with Crippen molar-refractivity contribution < 1.29 is 14.3 Å². The molecule has 0 unspecified atom stereocenters. The molecule has 4 aromatic rings. The average Bonchev–Trinajstić information content (AvgIpc) is 2.89. The third kappa shape index (κ3) is 6.14. The summed E-state index contributed by atoms with van der Waals surface area (Å²) in [6.07, 6.45) is 0.673. The molecule has 0 aliphatic heterocycles.